The fourth-order valence-corrected chi connectivity index (χ4v) is 6.95. The summed E-state index contributed by atoms with van der Waals surface area (Å²) in [4.78, 5) is 26.0. The Bertz CT molecular complexity index is 1160. The molecule has 0 heterocycles. The highest BCUT2D eigenvalue weighted by Crippen LogP contribution is 2.15. The van der Waals surface area contributed by atoms with Crippen LogP contribution in [0.15, 0.2) is 85.1 Å². The Balaban J connectivity index is 4.68. The summed E-state index contributed by atoms with van der Waals surface area (Å²) in [6, 6.07) is -0.742. The van der Waals surface area contributed by atoms with Crippen molar-refractivity contribution in [1.82, 2.24) is 5.32 Å². The number of aliphatic hydroxyl groups is 2. The van der Waals surface area contributed by atoms with Crippen molar-refractivity contribution in [2.24, 2.45) is 0 Å². The second-order valence-electron chi connectivity index (χ2n) is 16.5. The highest BCUT2D eigenvalue weighted by molar-refractivity contribution is 5.78. The summed E-state index contributed by atoms with van der Waals surface area (Å²) in [6.07, 6.45) is 61.0. The molecule has 1 amide bonds. The number of amides is 1. The monoisotopic (exact) mass is 836 g/mol. The minimum Gasteiger partial charge on any atom is -0.458 e. The Kier molecular flexibility index (Phi) is 44.8. The van der Waals surface area contributed by atoms with E-state index in [9.17, 15) is 19.8 Å². The zero-order valence-corrected chi connectivity index (χ0v) is 39.1. The van der Waals surface area contributed by atoms with Crippen LogP contribution in [0.2, 0.25) is 0 Å². The van der Waals surface area contributed by atoms with Crippen molar-refractivity contribution < 1.29 is 24.5 Å². The number of unbranched alkanes of at least 4 members (excludes halogenated alkanes) is 19. The summed E-state index contributed by atoms with van der Waals surface area (Å²) in [5.74, 6) is -0.647. The number of hydrogen-bond donors (Lipinski definition) is 3. The van der Waals surface area contributed by atoms with E-state index in [1.54, 1.807) is 0 Å². The maximum absolute atomic E-state index is 13.1. The van der Waals surface area contributed by atoms with Crippen LogP contribution in [0.25, 0.3) is 0 Å². The van der Waals surface area contributed by atoms with Crippen LogP contribution in [0.3, 0.4) is 0 Å². The molecule has 3 N–H and O–H groups in total. The normalized spacial score (nSPS) is 14.0. The molecule has 0 aromatic rings. The first kappa shape index (κ1) is 57.0. The number of carbonyl (C=O) groups excluding carboxylic acids is 2. The molecule has 0 radical (unpaired) electrons. The van der Waals surface area contributed by atoms with Crippen molar-refractivity contribution >= 4 is 11.9 Å². The van der Waals surface area contributed by atoms with E-state index in [0.717, 1.165) is 83.5 Å². The maximum atomic E-state index is 13.1. The van der Waals surface area contributed by atoms with Crippen LogP contribution in [0.5, 0.6) is 0 Å². The van der Waals surface area contributed by atoms with Gasteiger partial charge in [-0.3, -0.25) is 9.59 Å². The van der Waals surface area contributed by atoms with Crippen molar-refractivity contribution in [2.75, 3.05) is 6.61 Å². The first-order valence-electron chi connectivity index (χ1n) is 24.8. The SMILES string of the molecule is CC/C=C\C/C=C\C/C=C\C/C=C\C/C=C\CCCCCC(=O)OC(/C=C/C/C=C\CCCCCCCC)CC(=O)NC(CO)C(O)CCCCCCCCCCCCC. The summed E-state index contributed by atoms with van der Waals surface area (Å²) in [5.41, 5.74) is 0. The van der Waals surface area contributed by atoms with Crippen LogP contribution in [0.1, 0.15) is 220 Å². The van der Waals surface area contributed by atoms with Gasteiger partial charge in [-0.05, 0) is 83.1 Å². The lowest BCUT2D eigenvalue weighted by Crippen LogP contribution is -2.46. The van der Waals surface area contributed by atoms with E-state index in [1.165, 1.54) is 89.9 Å². The summed E-state index contributed by atoms with van der Waals surface area (Å²) in [7, 11) is 0. The largest absolute Gasteiger partial charge is 0.458 e. The molecular weight excluding hydrogens is 743 g/mol. The van der Waals surface area contributed by atoms with Crippen LogP contribution in [0, 0.1) is 0 Å². The molecule has 6 nitrogen and oxygen atoms in total. The smallest absolute Gasteiger partial charge is 0.306 e. The molecule has 0 saturated heterocycles. The Labute approximate surface area is 370 Å². The molecule has 60 heavy (non-hydrogen) atoms. The van der Waals surface area contributed by atoms with Gasteiger partial charge in [0.25, 0.3) is 0 Å². The van der Waals surface area contributed by atoms with Gasteiger partial charge < -0.3 is 20.3 Å². The number of carbonyl (C=O) groups is 2. The van der Waals surface area contributed by atoms with Crippen molar-refractivity contribution in [3.05, 3.63) is 85.1 Å². The molecule has 3 unspecified atom stereocenters. The lowest BCUT2D eigenvalue weighted by atomic mass is 10.0. The standard InChI is InChI=1S/C54H93NO5/c1-4-7-10-13-16-19-22-23-24-25-26-27-28-29-32-35-38-41-44-47-54(59)60-50(45-42-39-36-33-30-20-17-14-11-8-5-2)48-53(58)55-51(49-56)52(57)46-43-40-37-34-31-21-18-15-12-9-6-3/h7,10,16,19,23-24,26-27,29,32-33,36,42,45,50-52,56-57H,4-6,8-9,11-15,17-18,20-22,25,28,30-31,34-35,37-41,43-44,46-49H2,1-3H3,(H,55,58)/b10-7-,19-16-,24-23-,27-26-,32-29-,36-33-,45-42+. The summed E-state index contributed by atoms with van der Waals surface area (Å²) in [5, 5.41) is 23.6. The number of esters is 1. The number of aliphatic hydroxyl groups excluding tert-OH is 2. The predicted molar refractivity (Wildman–Crippen MR) is 259 cm³/mol. The molecule has 0 aromatic carbocycles. The summed E-state index contributed by atoms with van der Waals surface area (Å²) < 4.78 is 5.80. The van der Waals surface area contributed by atoms with E-state index in [-0.39, 0.29) is 24.9 Å². The summed E-state index contributed by atoms with van der Waals surface area (Å²) >= 11 is 0. The molecule has 0 rings (SSSR count). The van der Waals surface area contributed by atoms with Crippen molar-refractivity contribution in [1.29, 1.82) is 0 Å². The molecule has 0 aliphatic carbocycles. The van der Waals surface area contributed by atoms with Gasteiger partial charge >= 0.3 is 5.97 Å². The minimum atomic E-state index is -0.819. The molecule has 0 aliphatic rings. The molecule has 6 heteroatoms. The van der Waals surface area contributed by atoms with E-state index >= 15 is 0 Å². The number of allylic oxidation sites excluding steroid dienone is 13. The first-order chi connectivity index (χ1) is 29.5. The van der Waals surface area contributed by atoms with Crippen LogP contribution in [-0.4, -0.2) is 46.9 Å². The molecule has 0 aromatic heterocycles. The van der Waals surface area contributed by atoms with Gasteiger partial charge in [0.15, 0.2) is 0 Å². The molecule has 0 bridgehead atoms. The number of hydrogen-bond acceptors (Lipinski definition) is 5. The highest BCUT2D eigenvalue weighted by atomic mass is 16.5. The number of nitrogens with one attached hydrogen (secondary N) is 1. The second kappa shape index (κ2) is 47.1. The molecular formula is C54H93NO5. The average Bonchev–Trinajstić information content (AvgIpc) is 3.24. The Hall–Kier alpha value is -2.96. The van der Waals surface area contributed by atoms with E-state index in [0.29, 0.717) is 19.3 Å². The van der Waals surface area contributed by atoms with Gasteiger partial charge in [0.2, 0.25) is 5.91 Å². The van der Waals surface area contributed by atoms with Gasteiger partial charge in [-0.2, -0.15) is 0 Å². The van der Waals surface area contributed by atoms with Gasteiger partial charge in [0.1, 0.15) is 6.10 Å². The van der Waals surface area contributed by atoms with E-state index in [4.69, 9.17) is 4.74 Å². The van der Waals surface area contributed by atoms with Gasteiger partial charge in [-0.1, -0.05) is 209 Å². The van der Waals surface area contributed by atoms with Crippen molar-refractivity contribution in [2.45, 2.75) is 238 Å². The van der Waals surface area contributed by atoms with Crippen molar-refractivity contribution in [3.63, 3.8) is 0 Å². The quantitative estimate of drug-likeness (QED) is 0.0323. The minimum absolute atomic E-state index is 0.0462. The third-order valence-corrected chi connectivity index (χ3v) is 10.7. The van der Waals surface area contributed by atoms with Crippen molar-refractivity contribution in [3.8, 4) is 0 Å². The number of rotatable bonds is 43. The van der Waals surface area contributed by atoms with Crippen LogP contribution < -0.4 is 5.32 Å². The van der Waals surface area contributed by atoms with Crippen LogP contribution >= 0.6 is 0 Å². The lowest BCUT2D eigenvalue weighted by Gasteiger charge is -2.23. The molecule has 0 saturated carbocycles. The lowest BCUT2D eigenvalue weighted by molar-refractivity contribution is -0.148. The molecule has 0 fully saturated rings. The Morgan fingerprint density at radius 1 is 0.517 bits per heavy atom. The van der Waals surface area contributed by atoms with Crippen LogP contribution in [-0.2, 0) is 14.3 Å². The zero-order chi connectivity index (χ0) is 43.8. The maximum Gasteiger partial charge on any atom is 0.306 e. The fourth-order valence-electron chi connectivity index (χ4n) is 6.95. The van der Waals surface area contributed by atoms with Gasteiger partial charge in [-0.25, -0.2) is 0 Å². The topological polar surface area (TPSA) is 95.9 Å². The molecule has 344 valence electrons. The van der Waals surface area contributed by atoms with E-state index in [2.05, 4.69) is 99.0 Å². The van der Waals surface area contributed by atoms with Gasteiger partial charge in [0, 0.05) is 6.42 Å². The second-order valence-corrected chi connectivity index (χ2v) is 16.5. The predicted octanol–water partition coefficient (Wildman–Crippen LogP) is 14.8. The van der Waals surface area contributed by atoms with Gasteiger partial charge in [-0.15, -0.1) is 0 Å². The third kappa shape index (κ3) is 41.8. The molecule has 3 atom stereocenters. The highest BCUT2D eigenvalue weighted by Gasteiger charge is 2.23. The first-order valence-corrected chi connectivity index (χ1v) is 24.8. The van der Waals surface area contributed by atoms with E-state index in [1.807, 2.05) is 12.2 Å². The van der Waals surface area contributed by atoms with Gasteiger partial charge in [0.05, 0.1) is 25.2 Å². The molecule has 0 aliphatic heterocycles. The summed E-state index contributed by atoms with van der Waals surface area (Å²) in [6.45, 7) is 6.30. The average molecular weight is 836 g/mol. The number of ether oxygens (including phenoxy) is 1. The molecule has 0 spiro atoms. The zero-order valence-electron chi connectivity index (χ0n) is 39.1. The Morgan fingerprint density at radius 3 is 1.42 bits per heavy atom. The van der Waals surface area contributed by atoms with Crippen LogP contribution in [0.4, 0.5) is 0 Å². The fraction of sp³-hybridized carbons (Fsp3) is 0.704. The Morgan fingerprint density at radius 2 is 0.933 bits per heavy atom. The third-order valence-electron chi connectivity index (χ3n) is 10.7. The van der Waals surface area contributed by atoms with E-state index < -0.39 is 18.2 Å².